The number of aromatic nitrogens is 5. The Morgan fingerprint density at radius 1 is 1.26 bits per heavy atom. The third-order valence-electron chi connectivity index (χ3n) is 6.34. The van der Waals surface area contributed by atoms with Crippen LogP contribution in [0.4, 0.5) is 4.39 Å². The second-order valence-corrected chi connectivity index (χ2v) is 10.0. The lowest BCUT2D eigenvalue weighted by Crippen LogP contribution is -2.45. The lowest BCUT2D eigenvalue weighted by atomic mass is 10.1. The van der Waals surface area contributed by atoms with Gasteiger partial charge in [-0.2, -0.15) is 15.5 Å². The fourth-order valence-electron chi connectivity index (χ4n) is 4.25. The Balaban J connectivity index is 1.49. The number of pyridine rings is 2. The molecule has 0 saturated carbocycles. The van der Waals surface area contributed by atoms with Crippen molar-refractivity contribution in [1.82, 2.24) is 29.3 Å². The topological polar surface area (TPSA) is 95.3 Å². The van der Waals surface area contributed by atoms with Crippen LogP contribution in [0, 0.1) is 17.1 Å². The average molecular weight is 478 g/mol. The molecule has 5 rings (SSSR count). The van der Waals surface area contributed by atoms with Crippen molar-refractivity contribution >= 4 is 17.3 Å². The summed E-state index contributed by atoms with van der Waals surface area (Å²) in [6.07, 6.45) is 9.68. The highest BCUT2D eigenvalue weighted by molar-refractivity contribution is 7.99. The largest absolute Gasteiger partial charge is 0.394 e. The summed E-state index contributed by atoms with van der Waals surface area (Å²) in [5.74, 6) is -0.418. The van der Waals surface area contributed by atoms with E-state index in [0.717, 1.165) is 30.6 Å². The number of nitriles is 1. The predicted molar refractivity (Wildman–Crippen MR) is 126 cm³/mol. The molecular formula is C24H24FN7OS. The fraction of sp³-hybridized carbons (Fsp3) is 0.333. The van der Waals surface area contributed by atoms with Gasteiger partial charge in [-0.25, -0.2) is 13.9 Å². The first-order valence-corrected chi connectivity index (χ1v) is 11.8. The monoisotopic (exact) mass is 477 g/mol. The van der Waals surface area contributed by atoms with Crippen molar-refractivity contribution in [3.05, 3.63) is 60.6 Å². The maximum absolute atomic E-state index is 14.3. The first-order valence-electron chi connectivity index (χ1n) is 11.0. The molecule has 1 saturated heterocycles. The first-order chi connectivity index (χ1) is 16.4. The summed E-state index contributed by atoms with van der Waals surface area (Å²) in [6, 6.07) is 7.22. The zero-order chi connectivity index (χ0) is 23.9. The Morgan fingerprint density at radius 3 is 2.88 bits per heavy atom. The number of hydrogen-bond acceptors (Lipinski definition) is 7. The van der Waals surface area contributed by atoms with Gasteiger partial charge in [0.2, 0.25) is 0 Å². The van der Waals surface area contributed by atoms with Crippen LogP contribution in [0.25, 0.3) is 16.6 Å². The number of fused-ring (bicyclic) bond motifs is 1. The van der Waals surface area contributed by atoms with Crippen LogP contribution in [0.2, 0.25) is 0 Å². The minimum Gasteiger partial charge on any atom is -0.394 e. The Labute approximate surface area is 200 Å². The first kappa shape index (κ1) is 22.5. The Kier molecular flexibility index (Phi) is 5.85. The van der Waals surface area contributed by atoms with E-state index in [1.807, 2.05) is 43.2 Å². The third-order valence-corrected chi connectivity index (χ3v) is 7.37. The molecular weight excluding hydrogens is 453 g/mol. The van der Waals surface area contributed by atoms with Gasteiger partial charge in [0.15, 0.2) is 5.82 Å². The highest BCUT2D eigenvalue weighted by Gasteiger charge is 2.34. The Morgan fingerprint density at radius 2 is 2.12 bits per heavy atom. The second-order valence-electron chi connectivity index (χ2n) is 9.02. The van der Waals surface area contributed by atoms with E-state index in [1.165, 1.54) is 24.0 Å². The molecule has 0 aromatic carbocycles. The van der Waals surface area contributed by atoms with E-state index in [0.29, 0.717) is 16.0 Å². The molecule has 8 nitrogen and oxygen atoms in total. The molecule has 1 aliphatic heterocycles. The third kappa shape index (κ3) is 4.07. The van der Waals surface area contributed by atoms with Gasteiger partial charge in [-0.05, 0) is 38.5 Å². The Bertz CT molecular complexity index is 1390. The number of halogens is 1. The molecule has 1 N–H and O–H groups in total. The molecule has 0 amide bonds. The number of nitrogens with zero attached hydrogens (tertiary/aromatic N) is 7. The van der Waals surface area contributed by atoms with Gasteiger partial charge in [-0.3, -0.25) is 9.58 Å². The summed E-state index contributed by atoms with van der Waals surface area (Å²) in [6.45, 7) is 5.92. The van der Waals surface area contributed by atoms with E-state index in [-0.39, 0.29) is 23.2 Å². The molecule has 0 spiro atoms. The van der Waals surface area contributed by atoms with Crippen LogP contribution in [-0.4, -0.2) is 59.6 Å². The summed E-state index contributed by atoms with van der Waals surface area (Å²) in [4.78, 5) is 7.12. The lowest BCUT2D eigenvalue weighted by Gasteiger charge is -2.33. The fourth-order valence-corrected chi connectivity index (χ4v) is 5.22. The maximum Gasteiger partial charge on any atom is 0.155 e. The van der Waals surface area contributed by atoms with Gasteiger partial charge in [0, 0.05) is 53.2 Å². The van der Waals surface area contributed by atoms with Crippen LogP contribution < -0.4 is 0 Å². The smallest absolute Gasteiger partial charge is 0.155 e. The van der Waals surface area contributed by atoms with Crippen LogP contribution >= 0.6 is 11.8 Å². The predicted octanol–water partition coefficient (Wildman–Crippen LogP) is 3.77. The molecule has 0 unspecified atom stereocenters. The molecule has 0 bridgehead atoms. The number of rotatable bonds is 6. The number of likely N-dealkylation sites (tertiary alicyclic amines) is 1. The van der Waals surface area contributed by atoms with E-state index in [1.54, 1.807) is 16.8 Å². The summed E-state index contributed by atoms with van der Waals surface area (Å²) < 4.78 is 17.9. The molecule has 174 valence electrons. The SMILES string of the molecule is CC(C)(CO)N1CC[C@H](n2cc(-c3cc(Sc4ncccc4F)c4c(C#N)cnn4c3)cn2)C1. The van der Waals surface area contributed by atoms with Crippen LogP contribution in [0.5, 0.6) is 0 Å². The van der Waals surface area contributed by atoms with Gasteiger partial charge < -0.3 is 5.11 Å². The zero-order valence-electron chi connectivity index (χ0n) is 18.9. The quantitative estimate of drug-likeness (QED) is 0.452. The molecule has 1 fully saturated rings. The van der Waals surface area contributed by atoms with Crippen molar-refractivity contribution in [2.45, 2.75) is 41.8 Å². The van der Waals surface area contributed by atoms with E-state index in [9.17, 15) is 14.8 Å². The standard InChI is InChI=1S/C24H24FN7OS/c1-24(2,15-33)30-7-5-19(14-30)31-13-18(11-28-31)16-8-21(34-23-20(25)4-3-6-27-23)22-17(9-26)10-29-32(22)12-16/h3-4,6,8,10-13,19,33H,5,7,14-15H2,1-2H3/t19-/m0/s1. The van der Waals surface area contributed by atoms with E-state index >= 15 is 0 Å². The van der Waals surface area contributed by atoms with E-state index < -0.39 is 5.82 Å². The number of hydrogen-bond donors (Lipinski definition) is 1. The van der Waals surface area contributed by atoms with Gasteiger partial charge in [0.1, 0.15) is 11.1 Å². The highest BCUT2D eigenvalue weighted by atomic mass is 32.2. The van der Waals surface area contributed by atoms with Crippen molar-refractivity contribution in [1.29, 1.82) is 5.26 Å². The minimum absolute atomic E-state index is 0.107. The van der Waals surface area contributed by atoms with Crippen molar-refractivity contribution in [3.8, 4) is 17.2 Å². The normalized spacial score (nSPS) is 16.9. The van der Waals surface area contributed by atoms with Crippen LogP contribution in [0.1, 0.15) is 31.9 Å². The number of aliphatic hydroxyl groups excluding tert-OH is 1. The summed E-state index contributed by atoms with van der Waals surface area (Å²) >= 11 is 1.17. The van der Waals surface area contributed by atoms with Gasteiger partial charge >= 0.3 is 0 Å². The summed E-state index contributed by atoms with van der Waals surface area (Å²) in [5.41, 5.74) is 2.53. The minimum atomic E-state index is -0.418. The molecule has 1 aliphatic rings. The van der Waals surface area contributed by atoms with Gasteiger partial charge in [-0.1, -0.05) is 11.8 Å². The molecule has 34 heavy (non-hydrogen) atoms. The van der Waals surface area contributed by atoms with E-state index in [2.05, 4.69) is 26.2 Å². The summed E-state index contributed by atoms with van der Waals surface area (Å²) in [5, 5.41) is 28.4. The maximum atomic E-state index is 14.3. The molecule has 10 heteroatoms. The van der Waals surface area contributed by atoms with Crippen molar-refractivity contribution in [2.75, 3.05) is 19.7 Å². The van der Waals surface area contributed by atoms with Crippen LogP contribution in [-0.2, 0) is 0 Å². The van der Waals surface area contributed by atoms with Gasteiger partial charge in [-0.15, -0.1) is 0 Å². The molecule has 1 atom stereocenters. The zero-order valence-corrected chi connectivity index (χ0v) is 19.7. The van der Waals surface area contributed by atoms with E-state index in [4.69, 9.17) is 0 Å². The number of aliphatic hydroxyl groups is 1. The Hall–Kier alpha value is -3.26. The van der Waals surface area contributed by atoms with Crippen molar-refractivity contribution in [2.24, 2.45) is 0 Å². The molecule has 0 aliphatic carbocycles. The van der Waals surface area contributed by atoms with Gasteiger partial charge in [0.05, 0.1) is 36.1 Å². The lowest BCUT2D eigenvalue weighted by molar-refractivity contribution is 0.0743. The molecule has 5 heterocycles. The molecule has 4 aromatic heterocycles. The highest BCUT2D eigenvalue weighted by Crippen LogP contribution is 2.36. The second kappa shape index (κ2) is 8.83. The van der Waals surface area contributed by atoms with Crippen LogP contribution in [0.15, 0.2) is 59.1 Å². The average Bonchev–Trinajstić information content (AvgIpc) is 3.59. The van der Waals surface area contributed by atoms with Crippen molar-refractivity contribution < 1.29 is 9.50 Å². The summed E-state index contributed by atoms with van der Waals surface area (Å²) in [7, 11) is 0. The van der Waals surface area contributed by atoms with Crippen LogP contribution in [0.3, 0.4) is 0 Å². The molecule has 0 radical (unpaired) electrons. The molecule has 4 aromatic rings. The van der Waals surface area contributed by atoms with Crippen molar-refractivity contribution in [3.63, 3.8) is 0 Å². The van der Waals surface area contributed by atoms with Gasteiger partial charge in [0.25, 0.3) is 0 Å².